The molecule has 11 heteroatoms. The number of imidazole rings is 1. The van der Waals surface area contributed by atoms with Gasteiger partial charge in [0.15, 0.2) is 11.5 Å². The first-order chi connectivity index (χ1) is 19.1. The van der Waals surface area contributed by atoms with Crippen molar-refractivity contribution in [3.8, 4) is 11.3 Å². The summed E-state index contributed by atoms with van der Waals surface area (Å²) < 4.78 is 12.2. The Balaban J connectivity index is 1.27. The molecule has 4 heterocycles. The number of hydrogen-bond donors (Lipinski definition) is 2. The number of nitrogens with one attached hydrogen (secondary N) is 2. The zero-order valence-electron chi connectivity index (χ0n) is 21.1. The second-order valence-electron chi connectivity index (χ2n) is 9.05. The summed E-state index contributed by atoms with van der Waals surface area (Å²) in [6.07, 6.45) is 6.87. The minimum Gasteiger partial charge on any atom is -0.378 e. The maximum Gasteiger partial charge on any atom is 0.294 e. The molecule has 6 rings (SSSR count). The monoisotopic (exact) mass is 523 g/mol. The first kappa shape index (κ1) is 24.3. The van der Waals surface area contributed by atoms with E-state index < -0.39 is 0 Å². The highest BCUT2D eigenvalue weighted by molar-refractivity contribution is 6.03. The van der Waals surface area contributed by atoms with E-state index in [2.05, 4.69) is 20.8 Å². The molecule has 2 N–H and O–H groups in total. The molecule has 1 aliphatic rings. The molecule has 0 aliphatic carbocycles. The predicted octanol–water partition coefficient (Wildman–Crippen LogP) is 4.16. The van der Waals surface area contributed by atoms with Gasteiger partial charge in [-0.25, -0.2) is 9.97 Å². The average Bonchev–Trinajstić information content (AvgIpc) is 3.68. The number of morpholine rings is 1. The number of nitrogens with zero attached hydrogens (tertiary/aromatic N) is 5. The van der Waals surface area contributed by atoms with Crippen LogP contribution in [0, 0.1) is 6.92 Å². The van der Waals surface area contributed by atoms with Crippen LogP contribution in [0.4, 0.5) is 17.2 Å². The largest absolute Gasteiger partial charge is 0.378 e. The topological polar surface area (TPSA) is 127 Å². The van der Waals surface area contributed by atoms with Crippen molar-refractivity contribution in [3.05, 3.63) is 90.2 Å². The van der Waals surface area contributed by atoms with E-state index in [9.17, 15) is 9.59 Å². The van der Waals surface area contributed by atoms with Crippen LogP contribution in [0.3, 0.4) is 0 Å². The van der Waals surface area contributed by atoms with Gasteiger partial charge in [-0.05, 0) is 42.8 Å². The van der Waals surface area contributed by atoms with Crippen LogP contribution in [-0.4, -0.2) is 62.5 Å². The van der Waals surface area contributed by atoms with E-state index in [0.717, 1.165) is 16.8 Å². The minimum absolute atomic E-state index is 0.00798. The number of benzene rings is 2. The van der Waals surface area contributed by atoms with Crippen LogP contribution in [0.15, 0.2) is 77.8 Å². The van der Waals surface area contributed by atoms with Crippen molar-refractivity contribution in [1.82, 2.24) is 24.4 Å². The van der Waals surface area contributed by atoms with Gasteiger partial charge in [0.2, 0.25) is 5.76 Å². The summed E-state index contributed by atoms with van der Waals surface area (Å²) in [4.78, 5) is 36.4. The number of aromatic nitrogens is 4. The van der Waals surface area contributed by atoms with Gasteiger partial charge in [-0.15, -0.1) is 0 Å². The molecule has 39 heavy (non-hydrogen) atoms. The highest BCUT2D eigenvalue weighted by Crippen LogP contribution is 2.30. The summed E-state index contributed by atoms with van der Waals surface area (Å²) in [5.41, 5.74) is 5.05. The van der Waals surface area contributed by atoms with Gasteiger partial charge in [0.05, 0.1) is 25.1 Å². The van der Waals surface area contributed by atoms with Gasteiger partial charge in [-0.1, -0.05) is 17.3 Å². The summed E-state index contributed by atoms with van der Waals surface area (Å²) in [5.74, 6) is 0.289. The van der Waals surface area contributed by atoms with Crippen LogP contribution in [0.5, 0.6) is 0 Å². The van der Waals surface area contributed by atoms with E-state index in [1.165, 1.54) is 12.3 Å². The minimum atomic E-state index is -0.385. The van der Waals surface area contributed by atoms with E-state index in [4.69, 9.17) is 14.2 Å². The summed E-state index contributed by atoms with van der Waals surface area (Å²) in [6, 6.07) is 14.4. The Labute approximate surface area is 223 Å². The SMILES string of the molecule is Cc1c(NC(=O)c2ccno2)cccc1-c1cn2ccnc2c(Nc2ccc(C(=O)N3CCOCC3)cc2)n1. The standard InChI is InChI=1S/C28H25N7O4/c1-18-21(3-2-4-22(18)33-27(36)24-9-10-30-39-24)23-17-35-12-11-29-26(35)25(32-23)31-20-7-5-19(6-8-20)28(37)34-13-15-38-16-14-34/h2-12,17H,13-16H2,1H3,(H,31,32)(H,33,36). The van der Waals surface area contributed by atoms with E-state index in [-0.39, 0.29) is 17.6 Å². The number of carbonyl (C=O) groups is 2. The lowest BCUT2D eigenvalue weighted by Crippen LogP contribution is -2.40. The van der Waals surface area contributed by atoms with Gasteiger partial charge in [0.25, 0.3) is 11.8 Å². The molecular formula is C28H25N7O4. The lowest BCUT2D eigenvalue weighted by molar-refractivity contribution is 0.0303. The molecule has 2 aromatic carbocycles. The fourth-order valence-electron chi connectivity index (χ4n) is 4.49. The Kier molecular flexibility index (Phi) is 6.47. The van der Waals surface area contributed by atoms with Gasteiger partial charge >= 0.3 is 0 Å². The van der Waals surface area contributed by atoms with E-state index in [1.54, 1.807) is 23.2 Å². The fraction of sp³-hybridized carbons (Fsp3) is 0.179. The van der Waals surface area contributed by atoms with Crippen LogP contribution in [0.1, 0.15) is 26.5 Å². The summed E-state index contributed by atoms with van der Waals surface area (Å²) in [6.45, 7) is 4.23. The van der Waals surface area contributed by atoms with Crippen molar-refractivity contribution in [2.24, 2.45) is 0 Å². The molecule has 196 valence electrons. The number of carbonyl (C=O) groups excluding carboxylic acids is 2. The first-order valence-electron chi connectivity index (χ1n) is 12.5. The molecule has 0 atom stereocenters. The Hall–Kier alpha value is -5.03. The van der Waals surface area contributed by atoms with Crippen molar-refractivity contribution in [1.29, 1.82) is 0 Å². The number of hydrogen-bond acceptors (Lipinski definition) is 8. The van der Waals surface area contributed by atoms with Crippen LogP contribution < -0.4 is 10.6 Å². The molecule has 3 aromatic heterocycles. The third kappa shape index (κ3) is 4.94. The third-order valence-electron chi connectivity index (χ3n) is 6.59. The molecule has 1 fully saturated rings. The highest BCUT2D eigenvalue weighted by Gasteiger charge is 2.19. The van der Waals surface area contributed by atoms with Gasteiger partial charge in [-0.3, -0.25) is 9.59 Å². The Morgan fingerprint density at radius 2 is 1.82 bits per heavy atom. The van der Waals surface area contributed by atoms with Crippen molar-refractivity contribution in [2.75, 3.05) is 36.9 Å². The zero-order chi connectivity index (χ0) is 26.8. The van der Waals surface area contributed by atoms with Gasteiger partial charge in [-0.2, -0.15) is 0 Å². The quantitative estimate of drug-likeness (QED) is 0.340. The Morgan fingerprint density at radius 3 is 2.59 bits per heavy atom. The molecular weight excluding hydrogens is 498 g/mol. The van der Waals surface area contributed by atoms with Crippen molar-refractivity contribution >= 4 is 34.7 Å². The number of rotatable bonds is 6. The molecule has 0 spiro atoms. The molecule has 2 amide bonds. The van der Waals surface area contributed by atoms with E-state index in [1.807, 2.05) is 54.0 Å². The molecule has 1 saturated heterocycles. The van der Waals surface area contributed by atoms with Crippen molar-refractivity contribution < 1.29 is 18.8 Å². The molecule has 1 aliphatic heterocycles. The van der Waals surface area contributed by atoms with Gasteiger partial charge < -0.3 is 29.2 Å². The van der Waals surface area contributed by atoms with Gasteiger partial charge in [0.1, 0.15) is 0 Å². The molecule has 0 saturated carbocycles. The lowest BCUT2D eigenvalue weighted by atomic mass is 10.0. The maximum atomic E-state index is 12.8. The summed E-state index contributed by atoms with van der Waals surface area (Å²) in [5, 5.41) is 9.81. The number of amides is 2. The highest BCUT2D eigenvalue weighted by atomic mass is 16.5. The Bertz CT molecular complexity index is 1640. The summed E-state index contributed by atoms with van der Waals surface area (Å²) >= 11 is 0. The second kappa shape index (κ2) is 10.4. The zero-order valence-corrected chi connectivity index (χ0v) is 21.1. The molecule has 11 nitrogen and oxygen atoms in total. The predicted molar refractivity (Wildman–Crippen MR) is 144 cm³/mol. The summed E-state index contributed by atoms with van der Waals surface area (Å²) in [7, 11) is 0. The van der Waals surface area contributed by atoms with Crippen LogP contribution in [0.25, 0.3) is 16.9 Å². The van der Waals surface area contributed by atoms with Crippen LogP contribution in [0.2, 0.25) is 0 Å². The van der Waals surface area contributed by atoms with E-state index in [0.29, 0.717) is 54.7 Å². The van der Waals surface area contributed by atoms with Crippen LogP contribution in [-0.2, 0) is 4.74 Å². The number of fused-ring (bicyclic) bond motifs is 1. The molecule has 5 aromatic rings. The lowest BCUT2D eigenvalue weighted by Gasteiger charge is -2.26. The van der Waals surface area contributed by atoms with Crippen LogP contribution >= 0.6 is 0 Å². The molecule has 0 radical (unpaired) electrons. The first-order valence-corrected chi connectivity index (χ1v) is 12.5. The normalized spacial score (nSPS) is 13.4. The smallest absolute Gasteiger partial charge is 0.294 e. The molecule has 0 unspecified atom stereocenters. The number of ether oxygens (including phenoxy) is 1. The van der Waals surface area contributed by atoms with Crippen molar-refractivity contribution in [3.63, 3.8) is 0 Å². The average molecular weight is 524 g/mol. The van der Waals surface area contributed by atoms with Crippen molar-refractivity contribution in [2.45, 2.75) is 6.92 Å². The molecule has 0 bridgehead atoms. The fourth-order valence-corrected chi connectivity index (χ4v) is 4.49. The van der Waals surface area contributed by atoms with E-state index >= 15 is 0 Å². The Morgan fingerprint density at radius 1 is 1.00 bits per heavy atom. The second-order valence-corrected chi connectivity index (χ2v) is 9.05. The maximum absolute atomic E-state index is 12.8. The third-order valence-corrected chi connectivity index (χ3v) is 6.59. The number of anilines is 3. The van der Waals surface area contributed by atoms with Gasteiger partial charge in [0, 0.05) is 60.2 Å².